The van der Waals surface area contributed by atoms with Crippen molar-refractivity contribution in [2.24, 2.45) is 17.8 Å². The normalized spacial score (nSPS) is 32.5. The van der Waals surface area contributed by atoms with Crippen molar-refractivity contribution in [1.82, 2.24) is 5.32 Å². The lowest BCUT2D eigenvalue weighted by Crippen LogP contribution is -2.60. The monoisotopic (exact) mass is 341 g/mol. The Morgan fingerprint density at radius 3 is 2.28 bits per heavy atom. The van der Waals surface area contributed by atoms with Crippen LogP contribution in [0.1, 0.15) is 60.0 Å². The molecule has 4 aliphatic carbocycles. The van der Waals surface area contributed by atoms with Crippen molar-refractivity contribution in [3.63, 3.8) is 0 Å². The molecule has 4 saturated carbocycles. The maximum Gasteiger partial charge on any atom is 0.338 e. The third kappa shape index (κ3) is 3.19. The second kappa shape index (κ2) is 6.15. The van der Waals surface area contributed by atoms with E-state index in [0.29, 0.717) is 5.56 Å². The summed E-state index contributed by atoms with van der Waals surface area (Å²) in [6, 6.07) is 5.56. The fourth-order valence-electron chi connectivity index (χ4n) is 5.78. The number of carbonyl (C=O) groups is 2. The van der Waals surface area contributed by atoms with Gasteiger partial charge in [0.2, 0.25) is 0 Å². The summed E-state index contributed by atoms with van der Waals surface area (Å²) < 4.78 is 5.29. The molecule has 1 aromatic carbocycles. The molecule has 5 rings (SSSR count). The predicted molar refractivity (Wildman–Crippen MR) is 95.2 cm³/mol. The van der Waals surface area contributed by atoms with E-state index in [1.807, 2.05) is 26.0 Å². The first-order chi connectivity index (χ1) is 11.9. The zero-order valence-electron chi connectivity index (χ0n) is 15.1. The minimum absolute atomic E-state index is 0.0303. The summed E-state index contributed by atoms with van der Waals surface area (Å²) in [5.74, 6) is 1.78. The number of ether oxygens (including phenoxy) is 1. The van der Waals surface area contributed by atoms with Crippen LogP contribution in [0.4, 0.5) is 0 Å². The molecule has 0 atom stereocenters. The second-order valence-electron chi connectivity index (χ2n) is 8.57. The first-order valence-electron chi connectivity index (χ1n) is 9.48. The largest absolute Gasteiger partial charge is 0.452 e. The third-order valence-corrected chi connectivity index (χ3v) is 6.60. The summed E-state index contributed by atoms with van der Waals surface area (Å²) in [5.41, 5.74) is 2.47. The molecule has 0 saturated heterocycles. The van der Waals surface area contributed by atoms with Crippen LogP contribution in [0.15, 0.2) is 18.2 Å². The summed E-state index contributed by atoms with van der Waals surface area (Å²) in [5, 5.41) is 3.24. The van der Waals surface area contributed by atoms with Gasteiger partial charge in [0.1, 0.15) is 0 Å². The van der Waals surface area contributed by atoms with Gasteiger partial charge < -0.3 is 10.1 Å². The predicted octanol–water partition coefficient (Wildman–Crippen LogP) is 3.55. The Morgan fingerprint density at radius 1 is 1.08 bits per heavy atom. The number of nitrogens with one attached hydrogen (secondary N) is 1. The van der Waals surface area contributed by atoms with E-state index in [1.54, 1.807) is 6.07 Å². The molecule has 4 bridgehead atoms. The van der Waals surface area contributed by atoms with Crippen LogP contribution in [-0.2, 0) is 9.53 Å². The van der Waals surface area contributed by atoms with Crippen molar-refractivity contribution >= 4 is 11.9 Å². The number of hydrogen-bond acceptors (Lipinski definition) is 3. The number of hydrogen-bond donors (Lipinski definition) is 1. The van der Waals surface area contributed by atoms with Crippen LogP contribution in [0, 0.1) is 31.6 Å². The molecule has 1 aromatic rings. The fourth-order valence-corrected chi connectivity index (χ4v) is 5.78. The first-order valence-corrected chi connectivity index (χ1v) is 9.48. The van der Waals surface area contributed by atoms with E-state index in [1.165, 1.54) is 19.3 Å². The van der Waals surface area contributed by atoms with Gasteiger partial charge in [-0.05, 0) is 87.3 Å². The number of amides is 1. The van der Waals surface area contributed by atoms with Crippen molar-refractivity contribution in [2.45, 2.75) is 57.9 Å². The van der Waals surface area contributed by atoms with E-state index in [-0.39, 0.29) is 18.1 Å². The van der Waals surface area contributed by atoms with Crippen molar-refractivity contribution in [3.8, 4) is 0 Å². The summed E-state index contributed by atoms with van der Waals surface area (Å²) in [4.78, 5) is 24.7. The zero-order chi connectivity index (χ0) is 17.6. The molecule has 0 unspecified atom stereocenters. The third-order valence-electron chi connectivity index (χ3n) is 6.60. The molecule has 4 fully saturated rings. The molecular weight excluding hydrogens is 314 g/mol. The van der Waals surface area contributed by atoms with Crippen LogP contribution in [0.5, 0.6) is 0 Å². The highest BCUT2D eigenvalue weighted by molar-refractivity contribution is 5.93. The Morgan fingerprint density at radius 2 is 1.68 bits per heavy atom. The van der Waals surface area contributed by atoms with Gasteiger partial charge in [-0.25, -0.2) is 4.79 Å². The highest BCUT2D eigenvalue weighted by Crippen LogP contribution is 2.55. The average Bonchev–Trinajstić information content (AvgIpc) is 2.53. The number of carbonyl (C=O) groups excluding carboxylic acids is 2. The molecule has 4 aliphatic rings. The molecule has 1 N–H and O–H groups in total. The highest BCUT2D eigenvalue weighted by Gasteiger charge is 2.51. The van der Waals surface area contributed by atoms with Crippen molar-refractivity contribution < 1.29 is 14.3 Å². The zero-order valence-corrected chi connectivity index (χ0v) is 15.1. The van der Waals surface area contributed by atoms with Gasteiger partial charge in [0.05, 0.1) is 5.56 Å². The molecule has 0 radical (unpaired) electrons. The maximum absolute atomic E-state index is 12.4. The summed E-state index contributed by atoms with van der Waals surface area (Å²) >= 11 is 0. The Balaban J connectivity index is 1.35. The first kappa shape index (κ1) is 16.6. The molecular formula is C21H27NO3. The van der Waals surface area contributed by atoms with Crippen molar-refractivity contribution in [1.29, 1.82) is 0 Å². The maximum atomic E-state index is 12.4. The van der Waals surface area contributed by atoms with Crippen LogP contribution in [0.3, 0.4) is 0 Å². The molecule has 0 aromatic heterocycles. The molecule has 0 spiro atoms. The van der Waals surface area contributed by atoms with Gasteiger partial charge in [0.15, 0.2) is 6.61 Å². The number of esters is 1. The van der Waals surface area contributed by atoms with Crippen LogP contribution in [0.25, 0.3) is 0 Å². The van der Waals surface area contributed by atoms with Crippen LogP contribution < -0.4 is 5.32 Å². The van der Waals surface area contributed by atoms with Crippen molar-refractivity contribution in [3.05, 3.63) is 34.9 Å². The van der Waals surface area contributed by atoms with Crippen LogP contribution in [-0.4, -0.2) is 24.0 Å². The summed E-state index contributed by atoms with van der Waals surface area (Å²) in [6.45, 7) is 3.68. The summed E-state index contributed by atoms with van der Waals surface area (Å²) in [7, 11) is 0. The molecule has 0 aliphatic heterocycles. The van der Waals surface area contributed by atoms with E-state index in [2.05, 4.69) is 5.32 Å². The number of aryl methyl sites for hydroxylation is 1. The second-order valence-corrected chi connectivity index (χ2v) is 8.57. The summed E-state index contributed by atoms with van der Waals surface area (Å²) in [6.07, 6.45) is 7.35. The van der Waals surface area contributed by atoms with Gasteiger partial charge in [-0.3, -0.25) is 4.79 Å². The lowest BCUT2D eigenvalue weighted by Gasteiger charge is -2.56. The lowest BCUT2D eigenvalue weighted by molar-refractivity contribution is -0.130. The number of benzene rings is 1. The van der Waals surface area contributed by atoms with Gasteiger partial charge in [0, 0.05) is 5.54 Å². The average molecular weight is 341 g/mol. The topological polar surface area (TPSA) is 55.4 Å². The van der Waals surface area contributed by atoms with Crippen molar-refractivity contribution in [2.75, 3.05) is 6.61 Å². The minimum atomic E-state index is -0.415. The van der Waals surface area contributed by atoms with E-state index in [4.69, 9.17) is 4.74 Å². The molecule has 4 heteroatoms. The van der Waals surface area contributed by atoms with Crippen LogP contribution >= 0.6 is 0 Å². The molecule has 1 amide bonds. The number of rotatable bonds is 4. The van der Waals surface area contributed by atoms with Gasteiger partial charge in [-0.1, -0.05) is 12.1 Å². The molecule has 4 nitrogen and oxygen atoms in total. The molecule has 25 heavy (non-hydrogen) atoms. The smallest absolute Gasteiger partial charge is 0.338 e. The van der Waals surface area contributed by atoms with E-state index in [0.717, 1.165) is 48.1 Å². The lowest BCUT2D eigenvalue weighted by atomic mass is 9.53. The Bertz CT molecular complexity index is 674. The Labute approximate surface area is 149 Å². The van der Waals surface area contributed by atoms with Gasteiger partial charge in [-0.2, -0.15) is 0 Å². The Hall–Kier alpha value is -1.84. The minimum Gasteiger partial charge on any atom is -0.452 e. The highest BCUT2D eigenvalue weighted by atomic mass is 16.5. The molecule has 134 valence electrons. The SMILES string of the molecule is Cc1cccc(C(=O)OCC(=O)NC23CC4CC(CC(C4)C2)C3)c1C. The van der Waals surface area contributed by atoms with Gasteiger partial charge >= 0.3 is 5.97 Å². The van der Waals surface area contributed by atoms with E-state index >= 15 is 0 Å². The fraction of sp³-hybridized carbons (Fsp3) is 0.619. The Kier molecular flexibility index (Phi) is 4.09. The van der Waals surface area contributed by atoms with Crippen LogP contribution in [0.2, 0.25) is 0 Å². The molecule has 0 heterocycles. The van der Waals surface area contributed by atoms with E-state index < -0.39 is 5.97 Å². The standard InChI is InChI=1S/C21H27NO3/c1-13-4-3-5-18(14(13)2)20(24)25-12-19(23)22-21-9-15-6-16(10-21)8-17(7-15)11-21/h3-5,15-17H,6-12H2,1-2H3,(H,22,23). The van der Waals surface area contributed by atoms with Gasteiger partial charge in [0.25, 0.3) is 5.91 Å². The van der Waals surface area contributed by atoms with Gasteiger partial charge in [-0.15, -0.1) is 0 Å². The van der Waals surface area contributed by atoms with E-state index in [9.17, 15) is 9.59 Å². The quantitative estimate of drug-likeness (QED) is 0.852.